The molecule has 0 radical (unpaired) electrons. The highest BCUT2D eigenvalue weighted by atomic mass is 16.5. The number of rotatable bonds is 12. The predicted molar refractivity (Wildman–Crippen MR) is 152 cm³/mol. The first-order chi connectivity index (χ1) is 19.3. The lowest BCUT2D eigenvalue weighted by molar-refractivity contribution is -0.140. The summed E-state index contributed by atoms with van der Waals surface area (Å²) >= 11 is 0. The van der Waals surface area contributed by atoms with Crippen LogP contribution in [-0.4, -0.2) is 86.3 Å². The molecule has 2 aromatic carbocycles. The van der Waals surface area contributed by atoms with E-state index in [1.807, 2.05) is 13.0 Å². The Morgan fingerprint density at radius 1 is 1.02 bits per heavy atom. The van der Waals surface area contributed by atoms with Crippen LogP contribution in [-0.2, 0) is 14.3 Å². The lowest BCUT2D eigenvalue weighted by Crippen LogP contribution is -2.39. The minimum atomic E-state index is -0.772. The van der Waals surface area contributed by atoms with E-state index < -0.39 is 17.7 Å². The van der Waals surface area contributed by atoms with Gasteiger partial charge in [0.25, 0.3) is 11.7 Å². The molecule has 2 saturated heterocycles. The maximum atomic E-state index is 13.4. The van der Waals surface area contributed by atoms with E-state index in [9.17, 15) is 14.7 Å². The van der Waals surface area contributed by atoms with Gasteiger partial charge in [-0.05, 0) is 61.2 Å². The monoisotopic (exact) mass is 552 g/mol. The Hall–Kier alpha value is -3.56. The van der Waals surface area contributed by atoms with Crippen LogP contribution >= 0.6 is 0 Å². The van der Waals surface area contributed by atoms with Crippen LogP contribution in [0.15, 0.2) is 48.0 Å². The third kappa shape index (κ3) is 6.77. The summed E-state index contributed by atoms with van der Waals surface area (Å²) in [4.78, 5) is 30.6. The first kappa shape index (κ1) is 29.4. The van der Waals surface area contributed by atoms with E-state index in [4.69, 9.17) is 18.9 Å². The second-order valence-electron chi connectivity index (χ2n) is 10.4. The summed E-state index contributed by atoms with van der Waals surface area (Å²) in [5.74, 6) is 0.544. The molecule has 0 aromatic heterocycles. The fraction of sp³-hybridized carbons (Fsp3) is 0.484. The number of ether oxygens (including phenoxy) is 4. The third-order valence-electron chi connectivity index (χ3n) is 7.03. The van der Waals surface area contributed by atoms with Gasteiger partial charge in [0.2, 0.25) is 0 Å². The van der Waals surface area contributed by atoms with Crippen molar-refractivity contribution in [3.05, 3.63) is 59.2 Å². The molecule has 1 atom stereocenters. The summed E-state index contributed by atoms with van der Waals surface area (Å²) in [6.07, 6.45) is 0.680. The molecule has 40 heavy (non-hydrogen) atoms. The van der Waals surface area contributed by atoms with Gasteiger partial charge in [-0.1, -0.05) is 19.9 Å². The minimum absolute atomic E-state index is 0.0541. The normalized spacial score (nSPS) is 19.3. The summed E-state index contributed by atoms with van der Waals surface area (Å²) in [5, 5.41) is 11.4. The van der Waals surface area contributed by atoms with E-state index in [1.54, 1.807) is 48.4 Å². The first-order valence-corrected chi connectivity index (χ1v) is 14.0. The average molecular weight is 553 g/mol. The maximum Gasteiger partial charge on any atom is 0.295 e. The molecular formula is C31H40N2O7. The van der Waals surface area contributed by atoms with Crippen LogP contribution in [0.3, 0.4) is 0 Å². The zero-order chi connectivity index (χ0) is 28.6. The Kier molecular flexibility index (Phi) is 10.1. The molecule has 2 aliphatic rings. The lowest BCUT2D eigenvalue weighted by atomic mass is 9.95. The van der Waals surface area contributed by atoms with Gasteiger partial charge in [-0.15, -0.1) is 0 Å². The molecule has 4 rings (SSSR count). The summed E-state index contributed by atoms with van der Waals surface area (Å²) in [6, 6.07) is 11.5. The number of ketones is 1. The lowest BCUT2D eigenvalue weighted by Gasteiger charge is -2.29. The molecule has 9 nitrogen and oxygen atoms in total. The number of aliphatic hydroxyl groups is 1. The molecule has 2 aromatic rings. The SMILES string of the molecule is CCOc1ccc(C2/C(=C(\O)c3ccc(OCC(C)C)cc3)C(=O)C(=O)N2CCCN2CCOCC2)cc1OC. The van der Waals surface area contributed by atoms with E-state index in [2.05, 4.69) is 18.7 Å². The van der Waals surface area contributed by atoms with Crippen LogP contribution in [0.2, 0.25) is 0 Å². The number of hydrogen-bond donors (Lipinski definition) is 1. The van der Waals surface area contributed by atoms with Gasteiger partial charge < -0.3 is 29.0 Å². The van der Waals surface area contributed by atoms with Gasteiger partial charge in [-0.25, -0.2) is 0 Å². The highest BCUT2D eigenvalue weighted by molar-refractivity contribution is 6.46. The summed E-state index contributed by atoms with van der Waals surface area (Å²) < 4.78 is 22.4. The van der Waals surface area contributed by atoms with Crippen molar-refractivity contribution < 1.29 is 33.6 Å². The van der Waals surface area contributed by atoms with E-state index in [0.717, 1.165) is 19.6 Å². The summed E-state index contributed by atoms with van der Waals surface area (Å²) in [5.41, 5.74) is 1.15. The number of hydrogen-bond acceptors (Lipinski definition) is 8. The van der Waals surface area contributed by atoms with Gasteiger partial charge in [0.1, 0.15) is 11.5 Å². The topological polar surface area (TPSA) is 97.8 Å². The predicted octanol–water partition coefficient (Wildman–Crippen LogP) is 4.27. The number of methoxy groups -OCH3 is 1. The van der Waals surface area contributed by atoms with Crippen molar-refractivity contribution in [2.24, 2.45) is 5.92 Å². The number of Topliss-reactive ketones (excluding diaryl/α,β-unsaturated/α-hetero) is 1. The highest BCUT2D eigenvalue weighted by Gasteiger charge is 2.46. The fourth-order valence-corrected chi connectivity index (χ4v) is 5.00. The molecule has 0 saturated carbocycles. The minimum Gasteiger partial charge on any atom is -0.507 e. The Labute approximate surface area is 236 Å². The number of likely N-dealkylation sites (tertiary alicyclic amines) is 1. The molecule has 1 N–H and O–H groups in total. The average Bonchev–Trinajstić information content (AvgIpc) is 3.22. The van der Waals surface area contributed by atoms with Crippen LogP contribution < -0.4 is 14.2 Å². The summed E-state index contributed by atoms with van der Waals surface area (Å²) in [6.45, 7) is 11.3. The number of benzene rings is 2. The molecule has 0 bridgehead atoms. The molecule has 2 heterocycles. The van der Waals surface area contributed by atoms with Gasteiger partial charge in [0.15, 0.2) is 11.5 Å². The quantitative estimate of drug-likeness (QED) is 0.237. The number of carbonyl (C=O) groups excluding carboxylic acids is 2. The van der Waals surface area contributed by atoms with Crippen molar-refractivity contribution in [1.82, 2.24) is 9.80 Å². The van der Waals surface area contributed by atoms with Gasteiger partial charge in [0.05, 0.1) is 45.2 Å². The van der Waals surface area contributed by atoms with Crippen molar-refractivity contribution in [2.45, 2.75) is 33.2 Å². The molecule has 2 aliphatic heterocycles. The third-order valence-corrected chi connectivity index (χ3v) is 7.03. The first-order valence-electron chi connectivity index (χ1n) is 14.0. The zero-order valence-corrected chi connectivity index (χ0v) is 23.9. The van der Waals surface area contributed by atoms with Crippen molar-refractivity contribution in [1.29, 1.82) is 0 Å². The Bertz CT molecular complexity index is 1200. The maximum absolute atomic E-state index is 13.4. The van der Waals surface area contributed by atoms with Gasteiger partial charge >= 0.3 is 0 Å². The standard InChI is InChI=1S/C31H40N2O7/c1-5-39-25-12-9-23(19-26(25)37-4)28-27(29(34)22-7-10-24(11-8-22)40-20-21(2)3)30(35)31(36)33(28)14-6-13-32-15-17-38-18-16-32/h7-12,19,21,28,34H,5-6,13-18,20H2,1-4H3/b29-27+. The Morgan fingerprint density at radius 3 is 2.40 bits per heavy atom. The summed E-state index contributed by atoms with van der Waals surface area (Å²) in [7, 11) is 1.55. The Balaban J connectivity index is 1.68. The molecule has 9 heteroatoms. The van der Waals surface area contributed by atoms with Gasteiger partial charge in [-0.3, -0.25) is 14.5 Å². The highest BCUT2D eigenvalue weighted by Crippen LogP contribution is 2.42. The van der Waals surface area contributed by atoms with Crippen LogP contribution in [0.4, 0.5) is 0 Å². The van der Waals surface area contributed by atoms with Crippen LogP contribution in [0.25, 0.3) is 5.76 Å². The van der Waals surface area contributed by atoms with Crippen molar-refractivity contribution in [3.63, 3.8) is 0 Å². The number of nitrogens with zero attached hydrogens (tertiary/aromatic N) is 2. The van der Waals surface area contributed by atoms with E-state index in [0.29, 0.717) is 73.7 Å². The number of aliphatic hydroxyl groups excluding tert-OH is 1. The molecule has 0 spiro atoms. The van der Waals surface area contributed by atoms with E-state index in [1.165, 1.54) is 0 Å². The van der Waals surface area contributed by atoms with E-state index in [-0.39, 0.29) is 11.3 Å². The second-order valence-corrected chi connectivity index (χ2v) is 10.4. The zero-order valence-electron chi connectivity index (χ0n) is 23.9. The second kappa shape index (κ2) is 13.7. The number of morpholine rings is 1. The number of carbonyl (C=O) groups is 2. The Morgan fingerprint density at radius 2 is 1.75 bits per heavy atom. The fourth-order valence-electron chi connectivity index (χ4n) is 5.00. The van der Waals surface area contributed by atoms with Crippen LogP contribution in [0.1, 0.15) is 44.4 Å². The molecule has 0 aliphatic carbocycles. The van der Waals surface area contributed by atoms with Gasteiger partial charge in [0, 0.05) is 31.7 Å². The van der Waals surface area contributed by atoms with Crippen molar-refractivity contribution in [2.75, 3.05) is 59.7 Å². The molecule has 1 unspecified atom stereocenters. The molecular weight excluding hydrogens is 512 g/mol. The molecule has 216 valence electrons. The van der Waals surface area contributed by atoms with Crippen molar-refractivity contribution >= 4 is 17.4 Å². The van der Waals surface area contributed by atoms with E-state index >= 15 is 0 Å². The van der Waals surface area contributed by atoms with Crippen molar-refractivity contribution in [3.8, 4) is 17.2 Å². The number of amides is 1. The smallest absolute Gasteiger partial charge is 0.295 e. The van der Waals surface area contributed by atoms with Crippen LogP contribution in [0, 0.1) is 5.92 Å². The van der Waals surface area contributed by atoms with Gasteiger partial charge in [-0.2, -0.15) is 0 Å². The van der Waals surface area contributed by atoms with Crippen LogP contribution in [0.5, 0.6) is 17.2 Å². The largest absolute Gasteiger partial charge is 0.507 e. The molecule has 1 amide bonds. The molecule has 2 fully saturated rings.